The van der Waals surface area contributed by atoms with Gasteiger partial charge in [-0.1, -0.05) is 26.0 Å². The summed E-state index contributed by atoms with van der Waals surface area (Å²) in [5.41, 5.74) is 6.42. The summed E-state index contributed by atoms with van der Waals surface area (Å²) >= 11 is 0. The first-order valence-corrected chi connectivity index (χ1v) is 12.1. The molecule has 2 aliphatic heterocycles. The minimum absolute atomic E-state index is 0.0206. The Hall–Kier alpha value is -2.63. The van der Waals surface area contributed by atoms with E-state index in [-0.39, 0.29) is 32.6 Å². The van der Waals surface area contributed by atoms with Gasteiger partial charge >= 0.3 is 5.97 Å². The molecule has 0 radical (unpaired) electrons. The van der Waals surface area contributed by atoms with Crippen molar-refractivity contribution in [2.45, 2.75) is 57.4 Å². The van der Waals surface area contributed by atoms with Crippen molar-refractivity contribution in [2.75, 3.05) is 33.7 Å². The van der Waals surface area contributed by atoms with Crippen LogP contribution in [0.5, 0.6) is 5.75 Å². The normalized spacial score (nSPS) is 22.7. The van der Waals surface area contributed by atoms with E-state index in [9.17, 15) is 14.4 Å². The third-order valence-corrected chi connectivity index (χ3v) is 5.59. The zero-order chi connectivity index (χ0) is 25.6. The average molecular weight is 491 g/mol. The highest BCUT2D eigenvalue weighted by Crippen LogP contribution is 2.19. The molecule has 0 saturated heterocycles. The predicted molar refractivity (Wildman–Crippen MR) is 132 cm³/mol. The third kappa shape index (κ3) is 10.3. The molecule has 4 N–H and O–H groups in total. The molecule has 1 aromatic rings. The molecule has 0 unspecified atom stereocenters. The van der Waals surface area contributed by atoms with E-state index in [1.807, 2.05) is 38.1 Å². The number of esters is 1. The molecule has 2 amide bonds. The summed E-state index contributed by atoms with van der Waals surface area (Å²) in [6, 6.07) is 5.74. The second-order valence-electron chi connectivity index (χ2n) is 8.99. The summed E-state index contributed by atoms with van der Waals surface area (Å²) in [6.07, 6.45) is 2.29. The van der Waals surface area contributed by atoms with Crippen LogP contribution in [0.25, 0.3) is 0 Å². The number of benzene rings is 1. The van der Waals surface area contributed by atoms with Gasteiger partial charge in [-0.3, -0.25) is 9.59 Å². The fraction of sp³-hybridized carbons (Fsp3) is 0.625. The van der Waals surface area contributed by atoms with E-state index < -0.39 is 29.8 Å². The van der Waals surface area contributed by atoms with Crippen molar-refractivity contribution in [1.29, 1.82) is 0 Å². The second kappa shape index (κ2) is 15.4. The number of hydrogen-bond donors (Lipinski definition) is 3. The van der Waals surface area contributed by atoms with E-state index >= 15 is 0 Å². The van der Waals surface area contributed by atoms with Crippen molar-refractivity contribution in [3.05, 3.63) is 29.8 Å². The zero-order valence-electron chi connectivity index (χ0n) is 20.9. The molecule has 0 spiro atoms. The van der Waals surface area contributed by atoms with Gasteiger partial charge in [0.25, 0.3) is 7.48 Å². The molecule has 11 heteroatoms. The molecule has 1 aromatic carbocycles. The van der Waals surface area contributed by atoms with Crippen molar-refractivity contribution in [2.24, 2.45) is 11.7 Å². The molecule has 0 aliphatic carbocycles. The zero-order valence-corrected chi connectivity index (χ0v) is 20.9. The molecule has 0 fully saturated rings. The molecule has 2 bridgehead atoms. The van der Waals surface area contributed by atoms with Crippen molar-refractivity contribution in [3.8, 4) is 5.75 Å². The van der Waals surface area contributed by atoms with Crippen LogP contribution >= 0.6 is 0 Å². The van der Waals surface area contributed by atoms with Gasteiger partial charge in [0.15, 0.2) is 6.04 Å². The van der Waals surface area contributed by atoms with Gasteiger partial charge in [-0.2, -0.15) is 0 Å². The van der Waals surface area contributed by atoms with Crippen molar-refractivity contribution >= 4 is 25.3 Å². The number of carbonyl (C=O) groups excluding carboxylic acids is 3. The quantitative estimate of drug-likeness (QED) is 0.229. The molecule has 35 heavy (non-hydrogen) atoms. The summed E-state index contributed by atoms with van der Waals surface area (Å²) in [4.78, 5) is 38.6. The Morgan fingerprint density at radius 2 is 1.86 bits per heavy atom. The molecule has 0 saturated carbocycles. The summed E-state index contributed by atoms with van der Waals surface area (Å²) in [6.45, 7) is 4.77. The van der Waals surface area contributed by atoms with Gasteiger partial charge in [0, 0.05) is 12.4 Å². The number of carbonyl (C=O) groups is 3. The van der Waals surface area contributed by atoms with E-state index in [0.717, 1.165) is 24.2 Å². The lowest BCUT2D eigenvalue weighted by atomic mass is 9.75. The van der Waals surface area contributed by atoms with Crippen LogP contribution in [0.2, 0.25) is 5.82 Å². The maximum atomic E-state index is 13.2. The highest BCUT2D eigenvalue weighted by atomic mass is 16.5. The summed E-state index contributed by atoms with van der Waals surface area (Å²) < 4.78 is 21.6. The maximum absolute atomic E-state index is 13.2. The van der Waals surface area contributed by atoms with Gasteiger partial charge in [-0.05, 0) is 49.3 Å². The van der Waals surface area contributed by atoms with Crippen LogP contribution in [0.4, 0.5) is 0 Å². The number of rotatable bonds is 6. The lowest BCUT2D eigenvalue weighted by Gasteiger charge is -2.25. The Balaban J connectivity index is 2.27. The van der Waals surface area contributed by atoms with Crippen molar-refractivity contribution in [1.82, 2.24) is 10.6 Å². The monoisotopic (exact) mass is 491 g/mol. The number of amides is 2. The van der Waals surface area contributed by atoms with Crippen LogP contribution in [0.15, 0.2) is 24.3 Å². The summed E-state index contributed by atoms with van der Waals surface area (Å²) in [5.74, 6) is -1.12. The van der Waals surface area contributed by atoms with E-state index in [0.29, 0.717) is 26.1 Å². The minimum atomic E-state index is -0.982. The van der Waals surface area contributed by atoms with Gasteiger partial charge in [0.1, 0.15) is 11.8 Å². The van der Waals surface area contributed by atoms with E-state index in [2.05, 4.69) is 10.6 Å². The minimum Gasteiger partial charge on any atom is -0.494 e. The highest BCUT2D eigenvalue weighted by molar-refractivity contribution is 6.37. The molecule has 2 heterocycles. The third-order valence-electron chi connectivity index (χ3n) is 5.59. The van der Waals surface area contributed by atoms with Crippen LogP contribution in [-0.4, -0.2) is 71.0 Å². The lowest BCUT2D eigenvalue weighted by Crippen LogP contribution is -2.54. The van der Waals surface area contributed by atoms with E-state index in [4.69, 9.17) is 24.6 Å². The van der Waals surface area contributed by atoms with Gasteiger partial charge in [-0.15, -0.1) is 0 Å². The number of hydrogen-bond acceptors (Lipinski definition) is 8. The summed E-state index contributed by atoms with van der Waals surface area (Å²) in [5, 5.41) is 5.53. The fourth-order valence-corrected chi connectivity index (χ4v) is 3.72. The smallest absolute Gasteiger partial charge is 0.330 e. The molecule has 2 aliphatic rings. The highest BCUT2D eigenvalue weighted by Gasteiger charge is 2.30. The van der Waals surface area contributed by atoms with Crippen molar-refractivity contribution in [3.63, 3.8) is 0 Å². The Morgan fingerprint density at radius 3 is 2.51 bits per heavy atom. The fourth-order valence-electron chi connectivity index (χ4n) is 3.72. The number of ether oxygens (including phenoxy) is 3. The van der Waals surface area contributed by atoms with Crippen molar-refractivity contribution < 1.29 is 33.2 Å². The van der Waals surface area contributed by atoms with Crippen LogP contribution in [-0.2, 0) is 34.9 Å². The van der Waals surface area contributed by atoms with Gasteiger partial charge in [0.2, 0.25) is 11.8 Å². The molecular weight excluding hydrogens is 453 g/mol. The van der Waals surface area contributed by atoms with E-state index in [1.54, 1.807) is 0 Å². The number of nitrogens with two attached hydrogens (primary N) is 1. The molecular formula is C24H38BN3O7. The number of methoxy groups -OCH3 is 1. The molecule has 10 nitrogen and oxygen atoms in total. The first-order chi connectivity index (χ1) is 16.8. The topological polar surface area (TPSA) is 138 Å². The second-order valence-corrected chi connectivity index (χ2v) is 8.99. The maximum Gasteiger partial charge on any atom is 0.330 e. The van der Waals surface area contributed by atoms with Crippen LogP contribution in [0.1, 0.15) is 38.7 Å². The molecule has 0 aromatic heterocycles. The lowest BCUT2D eigenvalue weighted by molar-refractivity contribution is -0.147. The first-order valence-electron chi connectivity index (χ1n) is 12.1. The summed E-state index contributed by atoms with van der Waals surface area (Å²) in [7, 11) is 1.36. The van der Waals surface area contributed by atoms with Crippen LogP contribution in [0.3, 0.4) is 0 Å². The van der Waals surface area contributed by atoms with Gasteiger partial charge in [0.05, 0.1) is 27.1 Å². The Labute approximate surface area is 207 Å². The number of nitrogens with one attached hydrogen (secondary N) is 2. The molecule has 3 rings (SSSR count). The Bertz CT molecular complexity index is 807. The molecule has 3 atom stereocenters. The Morgan fingerprint density at radius 1 is 1.14 bits per heavy atom. The standard InChI is InChI=1S/C24H38BN3O7/c1-16(2)12-20-23(30)28-21(24(31)32-3)14-33-10-4-5-11-34-18-8-6-17(7-9-18)13-19(22(29)27-20)25-35-15-26/h6-9,16,19-21,25H,4-5,10-15,26H2,1-3H3,(H,27,29)(H,28,30)/t19-,20-,21-/m0/s1. The SMILES string of the molecule is COC(=O)[C@@H]1COCCCCOc2ccc(cc2)C[C@H](BOCN)C(=O)N[C@@H](CC(C)C)C(=O)N1. The van der Waals surface area contributed by atoms with Crippen LogP contribution < -0.4 is 21.1 Å². The largest absolute Gasteiger partial charge is 0.494 e. The van der Waals surface area contributed by atoms with E-state index in [1.165, 1.54) is 7.11 Å². The first kappa shape index (κ1) is 28.6. The Kier molecular flexibility index (Phi) is 12.6. The van der Waals surface area contributed by atoms with Gasteiger partial charge in [-0.25, -0.2) is 4.79 Å². The van der Waals surface area contributed by atoms with Gasteiger partial charge < -0.3 is 35.2 Å². The van der Waals surface area contributed by atoms with Crippen LogP contribution in [0, 0.1) is 5.92 Å². The number of fused-ring (bicyclic) bond motifs is 16. The average Bonchev–Trinajstić information content (AvgIpc) is 2.84. The molecule has 194 valence electrons. The predicted octanol–water partition coefficient (Wildman–Crippen LogP) is 0.680.